The molecule has 0 amide bonds. The number of aldehydes is 1. The lowest BCUT2D eigenvalue weighted by atomic mass is 9.94. The van der Waals surface area contributed by atoms with Gasteiger partial charge in [0.15, 0.2) is 17.2 Å². The van der Waals surface area contributed by atoms with Gasteiger partial charge in [-0.1, -0.05) is 35.4 Å². The fraction of sp³-hybridized carbons (Fsp3) is 0.312. The fourth-order valence-corrected chi connectivity index (χ4v) is 5.50. The van der Waals surface area contributed by atoms with Crippen molar-refractivity contribution >= 4 is 39.5 Å². The van der Waals surface area contributed by atoms with Gasteiger partial charge in [0, 0.05) is 23.3 Å². The number of methoxy groups -OCH3 is 1. The minimum atomic E-state index is -1.22. The number of carbonyl (C=O) groups is 2. The fourth-order valence-electron chi connectivity index (χ4n) is 5.50. The van der Waals surface area contributed by atoms with Crippen LogP contribution in [-0.2, 0) is 9.53 Å². The Bertz CT molecular complexity index is 1600. The number of ether oxygens (including phenoxy) is 4. The van der Waals surface area contributed by atoms with E-state index in [0.29, 0.717) is 58.2 Å². The highest BCUT2D eigenvalue weighted by Crippen LogP contribution is 2.48. The molecule has 2 atom stereocenters. The van der Waals surface area contributed by atoms with Gasteiger partial charge in [-0.3, -0.25) is 4.79 Å². The maximum absolute atomic E-state index is 13.9. The van der Waals surface area contributed by atoms with Crippen molar-refractivity contribution in [3.8, 4) is 17.2 Å². The van der Waals surface area contributed by atoms with Crippen LogP contribution in [-0.4, -0.2) is 37.5 Å². The average Bonchev–Trinajstić information content (AvgIpc) is 3.43. The van der Waals surface area contributed by atoms with Crippen molar-refractivity contribution in [3.05, 3.63) is 76.0 Å². The molecule has 2 aliphatic rings. The lowest BCUT2D eigenvalue weighted by Gasteiger charge is -2.21. The summed E-state index contributed by atoms with van der Waals surface area (Å²) < 4.78 is 23.0. The maximum Gasteiger partial charge on any atom is 0.339 e. The van der Waals surface area contributed by atoms with Crippen LogP contribution in [0.15, 0.2) is 65.3 Å². The minimum Gasteiger partial charge on any atom is -0.595 e. The molecule has 0 saturated carbocycles. The van der Waals surface area contributed by atoms with Crippen molar-refractivity contribution in [2.75, 3.05) is 13.9 Å². The SMILES string of the molecule is COc1cccc2c1cc([NH+]([O-])O)c1c(C(=O)OC3C=C(C=O)CCC=C(C)CCC=C(C)C3)cc3c(c12)OCO3. The van der Waals surface area contributed by atoms with Crippen LogP contribution in [0, 0.1) is 5.21 Å². The Morgan fingerprint density at radius 1 is 1.07 bits per heavy atom. The first-order valence-electron chi connectivity index (χ1n) is 13.6. The summed E-state index contributed by atoms with van der Waals surface area (Å²) in [4.78, 5) is 25.8. The molecular formula is C32H33NO8. The molecule has 9 nitrogen and oxygen atoms in total. The molecule has 2 unspecified atom stereocenters. The first-order chi connectivity index (χ1) is 19.8. The zero-order valence-electron chi connectivity index (χ0n) is 23.3. The van der Waals surface area contributed by atoms with Gasteiger partial charge in [0.25, 0.3) is 0 Å². The van der Waals surface area contributed by atoms with Gasteiger partial charge in [0.05, 0.1) is 18.1 Å². The van der Waals surface area contributed by atoms with Gasteiger partial charge in [-0.15, -0.1) is 0 Å². The number of fused-ring (bicyclic) bond motifs is 5. The second kappa shape index (κ2) is 12.1. The first-order valence-corrected chi connectivity index (χ1v) is 13.6. The normalized spacial score (nSPS) is 18.5. The predicted molar refractivity (Wildman–Crippen MR) is 154 cm³/mol. The van der Waals surface area contributed by atoms with Crippen LogP contribution >= 0.6 is 0 Å². The van der Waals surface area contributed by atoms with E-state index in [1.165, 1.54) is 24.8 Å². The molecule has 3 aromatic rings. The van der Waals surface area contributed by atoms with Crippen LogP contribution in [0.25, 0.3) is 21.5 Å². The molecule has 9 heteroatoms. The number of esters is 1. The second-order valence-electron chi connectivity index (χ2n) is 10.4. The lowest BCUT2D eigenvalue weighted by molar-refractivity contribution is -0.990. The van der Waals surface area contributed by atoms with E-state index < -0.39 is 17.3 Å². The zero-order chi connectivity index (χ0) is 29.1. The summed E-state index contributed by atoms with van der Waals surface area (Å²) in [5.41, 5.74) is 2.79. The molecule has 41 heavy (non-hydrogen) atoms. The molecule has 1 heterocycles. The molecule has 214 valence electrons. The Balaban J connectivity index is 1.65. The summed E-state index contributed by atoms with van der Waals surface area (Å²) in [5, 5.41) is 23.4. The van der Waals surface area contributed by atoms with E-state index in [1.807, 2.05) is 13.0 Å². The summed E-state index contributed by atoms with van der Waals surface area (Å²) in [6, 6.07) is 8.32. The summed E-state index contributed by atoms with van der Waals surface area (Å²) in [6.45, 7) is 3.99. The van der Waals surface area contributed by atoms with Crippen LogP contribution in [0.2, 0.25) is 0 Å². The number of carbonyl (C=O) groups excluding carboxylic acids is 2. The quantitative estimate of drug-likeness (QED) is 0.136. The largest absolute Gasteiger partial charge is 0.595 e. The molecule has 0 spiro atoms. The smallest absolute Gasteiger partial charge is 0.339 e. The van der Waals surface area contributed by atoms with Gasteiger partial charge < -0.3 is 24.2 Å². The first kappa shape index (κ1) is 28.4. The summed E-state index contributed by atoms with van der Waals surface area (Å²) in [7, 11) is 1.51. The topological polar surface area (TPSA) is 119 Å². The Morgan fingerprint density at radius 3 is 2.61 bits per heavy atom. The van der Waals surface area contributed by atoms with Crippen LogP contribution < -0.4 is 19.4 Å². The lowest BCUT2D eigenvalue weighted by Crippen LogP contribution is -2.99. The summed E-state index contributed by atoms with van der Waals surface area (Å²) in [6.07, 6.45) is 9.45. The molecule has 1 aliphatic heterocycles. The molecule has 2 N–H and O–H groups in total. The van der Waals surface area contributed by atoms with Crippen molar-refractivity contribution in [3.63, 3.8) is 0 Å². The van der Waals surface area contributed by atoms with Crippen molar-refractivity contribution in [1.82, 2.24) is 0 Å². The van der Waals surface area contributed by atoms with Gasteiger partial charge in [0.1, 0.15) is 18.1 Å². The van der Waals surface area contributed by atoms with Crippen molar-refractivity contribution in [2.45, 2.75) is 52.1 Å². The molecule has 0 radical (unpaired) electrons. The molecular weight excluding hydrogens is 526 g/mol. The average molecular weight is 560 g/mol. The van der Waals surface area contributed by atoms with E-state index in [2.05, 4.69) is 19.1 Å². The number of hydrogen-bond acceptors (Lipinski definition) is 8. The molecule has 0 bridgehead atoms. The zero-order valence-corrected chi connectivity index (χ0v) is 23.3. The van der Waals surface area contributed by atoms with E-state index in [4.69, 9.17) is 18.9 Å². The maximum atomic E-state index is 13.9. The van der Waals surface area contributed by atoms with Gasteiger partial charge >= 0.3 is 5.97 Å². The molecule has 5 rings (SSSR count). The highest BCUT2D eigenvalue weighted by Gasteiger charge is 2.30. The Labute approximate surface area is 237 Å². The Kier molecular flexibility index (Phi) is 8.39. The number of allylic oxidation sites excluding steroid dienone is 4. The molecule has 3 aromatic carbocycles. The minimum absolute atomic E-state index is 0.0405. The molecule has 0 aromatic heterocycles. The predicted octanol–water partition coefficient (Wildman–Crippen LogP) is 5.64. The third kappa shape index (κ3) is 5.83. The van der Waals surface area contributed by atoms with E-state index in [1.54, 1.807) is 18.2 Å². The summed E-state index contributed by atoms with van der Waals surface area (Å²) >= 11 is 0. The van der Waals surface area contributed by atoms with E-state index in [0.717, 1.165) is 24.7 Å². The van der Waals surface area contributed by atoms with Crippen molar-refractivity contribution in [1.29, 1.82) is 0 Å². The van der Waals surface area contributed by atoms with E-state index in [9.17, 15) is 20.0 Å². The van der Waals surface area contributed by atoms with Crippen LogP contribution in [0.3, 0.4) is 0 Å². The van der Waals surface area contributed by atoms with Crippen LogP contribution in [0.4, 0.5) is 5.69 Å². The molecule has 0 fully saturated rings. The Morgan fingerprint density at radius 2 is 1.85 bits per heavy atom. The summed E-state index contributed by atoms with van der Waals surface area (Å²) in [5.74, 6) is 0.436. The van der Waals surface area contributed by atoms with Gasteiger partial charge in [0.2, 0.25) is 6.79 Å². The van der Waals surface area contributed by atoms with Gasteiger partial charge in [-0.25, -0.2) is 10.0 Å². The number of quaternary nitrogens is 1. The van der Waals surface area contributed by atoms with Crippen LogP contribution in [0.5, 0.6) is 17.2 Å². The van der Waals surface area contributed by atoms with Crippen molar-refractivity contribution in [2.24, 2.45) is 0 Å². The highest BCUT2D eigenvalue weighted by atomic mass is 16.8. The van der Waals surface area contributed by atoms with Gasteiger partial charge in [-0.2, -0.15) is 5.23 Å². The number of rotatable bonds is 5. The number of benzene rings is 3. The Hall–Kier alpha value is -4.18. The second-order valence-corrected chi connectivity index (χ2v) is 10.4. The van der Waals surface area contributed by atoms with Crippen molar-refractivity contribution < 1.29 is 39.0 Å². The van der Waals surface area contributed by atoms with Crippen LogP contribution in [0.1, 0.15) is 56.3 Å². The van der Waals surface area contributed by atoms with E-state index in [-0.39, 0.29) is 23.4 Å². The standard InChI is InChI=1S/C32H33NO8/c1-19-7-4-9-20(2)13-22(14-21(17-34)10-5-8-19)41-32(35)25-16-28-31(40-18-39-28)30-23-11-6-12-27(38-3)24(23)15-26(29(25)30)33(36)37/h6,8-9,11-12,14-17,22,33,36H,4-5,7,10,13,18H2,1-3H3. The monoisotopic (exact) mass is 559 g/mol. The third-order valence-corrected chi connectivity index (χ3v) is 7.52. The number of nitrogens with one attached hydrogen (secondary N) is 1. The van der Waals surface area contributed by atoms with Gasteiger partial charge in [-0.05, 0) is 68.7 Å². The van der Waals surface area contributed by atoms with E-state index >= 15 is 0 Å². The third-order valence-electron chi connectivity index (χ3n) is 7.52. The highest BCUT2D eigenvalue weighted by molar-refractivity contribution is 6.22. The molecule has 0 saturated heterocycles. The molecule has 1 aliphatic carbocycles. The number of hydrogen-bond donors (Lipinski definition) is 2.